The number of phosphoric ester groups is 1. The van der Waals surface area contributed by atoms with Crippen molar-refractivity contribution in [3.63, 3.8) is 0 Å². The number of unbranched alkanes of at least 4 members (excludes halogenated alkanes) is 7. The lowest BCUT2D eigenvalue weighted by molar-refractivity contribution is -0.161. The molecule has 0 saturated heterocycles. The molecule has 328 valence electrons. The van der Waals surface area contributed by atoms with Crippen molar-refractivity contribution in [2.45, 2.75) is 148 Å². The summed E-state index contributed by atoms with van der Waals surface area (Å²) in [6.07, 6.45) is 51.6. The van der Waals surface area contributed by atoms with Crippen molar-refractivity contribution in [1.29, 1.82) is 0 Å². The van der Waals surface area contributed by atoms with E-state index in [1.807, 2.05) is 30.4 Å². The normalized spacial score (nSPS) is 14.9. The number of aliphatic hydroxyl groups excluding tert-OH is 1. The molecule has 58 heavy (non-hydrogen) atoms. The first-order valence-electron chi connectivity index (χ1n) is 21.5. The van der Waals surface area contributed by atoms with Gasteiger partial charge in [0.2, 0.25) is 0 Å². The molecule has 0 heterocycles. The van der Waals surface area contributed by atoms with Crippen LogP contribution in [0.25, 0.3) is 0 Å². The van der Waals surface area contributed by atoms with E-state index in [1.54, 1.807) is 12.2 Å². The van der Waals surface area contributed by atoms with Crippen molar-refractivity contribution < 1.29 is 42.7 Å². The highest BCUT2D eigenvalue weighted by Crippen LogP contribution is 2.43. The molecule has 0 spiro atoms. The van der Waals surface area contributed by atoms with Crippen LogP contribution in [0.5, 0.6) is 0 Å². The van der Waals surface area contributed by atoms with Gasteiger partial charge in [0, 0.05) is 19.4 Å². The zero-order valence-corrected chi connectivity index (χ0v) is 36.5. The predicted molar refractivity (Wildman–Crippen MR) is 239 cm³/mol. The van der Waals surface area contributed by atoms with Gasteiger partial charge in [-0.3, -0.25) is 18.6 Å². The number of hydrogen-bond acceptors (Lipinski definition) is 9. The Morgan fingerprint density at radius 1 is 0.603 bits per heavy atom. The second kappa shape index (κ2) is 41.8. The summed E-state index contributed by atoms with van der Waals surface area (Å²) in [5, 5.41) is 10.1. The highest BCUT2D eigenvalue weighted by molar-refractivity contribution is 7.47. The van der Waals surface area contributed by atoms with Gasteiger partial charge in [-0.25, -0.2) is 4.57 Å². The van der Waals surface area contributed by atoms with Crippen LogP contribution in [-0.2, 0) is 32.7 Å². The van der Waals surface area contributed by atoms with Gasteiger partial charge in [0.05, 0.1) is 19.3 Å². The Bertz CT molecular complexity index is 1330. The minimum atomic E-state index is -4.44. The molecular formula is C47H76NO9P. The van der Waals surface area contributed by atoms with Gasteiger partial charge in [-0.2, -0.15) is 0 Å². The molecule has 3 atom stereocenters. The third-order valence-electron chi connectivity index (χ3n) is 8.23. The minimum absolute atomic E-state index is 0.0153. The summed E-state index contributed by atoms with van der Waals surface area (Å²) in [5.74, 6) is -1.07. The number of aliphatic hydroxyl groups is 1. The Labute approximate surface area is 351 Å². The molecule has 10 nitrogen and oxygen atoms in total. The molecule has 0 aliphatic carbocycles. The van der Waals surface area contributed by atoms with E-state index < -0.39 is 38.6 Å². The Kier molecular flexibility index (Phi) is 39.4. The second-order valence-corrected chi connectivity index (χ2v) is 15.2. The number of esters is 2. The molecular weight excluding hydrogens is 753 g/mol. The molecule has 0 aliphatic rings. The van der Waals surface area contributed by atoms with Gasteiger partial charge in [-0.1, -0.05) is 149 Å². The Morgan fingerprint density at radius 2 is 1.12 bits per heavy atom. The summed E-state index contributed by atoms with van der Waals surface area (Å²) in [6, 6.07) is 0. The van der Waals surface area contributed by atoms with Crippen molar-refractivity contribution in [2.24, 2.45) is 5.73 Å². The molecule has 0 fully saturated rings. The maximum absolute atomic E-state index is 12.6. The Morgan fingerprint density at radius 3 is 1.67 bits per heavy atom. The molecule has 0 aromatic rings. The molecule has 4 N–H and O–H groups in total. The van der Waals surface area contributed by atoms with E-state index in [1.165, 1.54) is 44.9 Å². The first-order valence-corrected chi connectivity index (χ1v) is 23.0. The first kappa shape index (κ1) is 54.6. The standard InChI is InChI=1S/C47H76NO9P/c1-3-5-7-9-11-13-14-15-16-17-18-19-20-21-22-24-26-30-34-38-46(50)54-42-45(43-56-58(52,53)55-41-40-48)57-47(51)39-35-31-27-29-33-37-44(49)36-32-28-25-23-12-10-8-6-4-2/h11-13,15-16,18-19,21-23,26-30,32-33,37,44-45,49H,3-10,14,17,20,24-25,31,34-36,38-43,48H2,1-2H3,(H,52,53)/b13-11-,16-15-,19-18-,22-21-,23-12-,29-27+,30-26-,32-28-,37-33-/t44?,45-/m1/s1. The lowest BCUT2D eigenvalue weighted by atomic mass is 10.2. The second-order valence-electron chi connectivity index (χ2n) is 13.7. The predicted octanol–water partition coefficient (Wildman–Crippen LogP) is 11.4. The van der Waals surface area contributed by atoms with Gasteiger partial charge >= 0.3 is 19.8 Å². The van der Waals surface area contributed by atoms with Crippen LogP contribution < -0.4 is 5.73 Å². The molecule has 2 unspecified atom stereocenters. The van der Waals surface area contributed by atoms with Crippen molar-refractivity contribution >= 4 is 19.8 Å². The number of carbonyl (C=O) groups is 2. The summed E-state index contributed by atoms with van der Waals surface area (Å²) in [6.45, 7) is 3.39. The SMILES string of the molecule is CCCCC/C=C\C/C=C\C/C=C\C/C=C\C/C=C\CCC(=O)OC[C@H](COP(=O)(O)OCCN)OC(=O)CCC/C=C/C=C\C(O)C/C=C\C/C=C\CCCCC. The van der Waals surface area contributed by atoms with Gasteiger partial charge in [0.15, 0.2) is 6.10 Å². The minimum Gasteiger partial charge on any atom is -0.462 e. The molecule has 0 saturated carbocycles. The van der Waals surface area contributed by atoms with Crippen LogP contribution >= 0.6 is 7.82 Å². The maximum Gasteiger partial charge on any atom is 0.472 e. The maximum atomic E-state index is 12.6. The lowest BCUT2D eigenvalue weighted by Crippen LogP contribution is -2.29. The van der Waals surface area contributed by atoms with Crippen molar-refractivity contribution in [1.82, 2.24) is 0 Å². The average Bonchev–Trinajstić information content (AvgIpc) is 3.21. The van der Waals surface area contributed by atoms with Crippen LogP contribution in [0.4, 0.5) is 0 Å². The molecule has 0 aromatic heterocycles. The number of phosphoric acid groups is 1. The molecule has 0 rings (SSSR count). The van der Waals surface area contributed by atoms with Crippen molar-refractivity contribution in [3.8, 4) is 0 Å². The van der Waals surface area contributed by atoms with Gasteiger partial charge in [-0.15, -0.1) is 0 Å². The van der Waals surface area contributed by atoms with Gasteiger partial charge < -0.3 is 25.2 Å². The zero-order valence-electron chi connectivity index (χ0n) is 35.6. The fourth-order valence-corrected chi connectivity index (χ4v) is 5.75. The van der Waals surface area contributed by atoms with Crippen molar-refractivity contribution in [3.05, 3.63) is 109 Å². The molecule has 0 amide bonds. The van der Waals surface area contributed by atoms with E-state index in [9.17, 15) is 24.2 Å². The highest BCUT2D eigenvalue weighted by atomic mass is 31.2. The van der Waals surface area contributed by atoms with Crippen LogP contribution in [0.3, 0.4) is 0 Å². The molecule has 11 heteroatoms. The molecule has 0 radical (unpaired) electrons. The molecule has 0 aromatic carbocycles. The van der Waals surface area contributed by atoms with Crippen molar-refractivity contribution in [2.75, 3.05) is 26.4 Å². The van der Waals surface area contributed by atoms with Crippen LogP contribution in [0.15, 0.2) is 109 Å². The third kappa shape index (κ3) is 40.8. The lowest BCUT2D eigenvalue weighted by Gasteiger charge is -2.19. The summed E-state index contributed by atoms with van der Waals surface area (Å²) >= 11 is 0. The average molecular weight is 830 g/mol. The summed E-state index contributed by atoms with van der Waals surface area (Å²) in [7, 11) is -4.44. The molecule has 0 bridgehead atoms. The van der Waals surface area contributed by atoms with E-state index >= 15 is 0 Å². The van der Waals surface area contributed by atoms with E-state index in [4.69, 9.17) is 24.3 Å². The third-order valence-corrected chi connectivity index (χ3v) is 9.21. The fraction of sp³-hybridized carbons (Fsp3) is 0.574. The largest absolute Gasteiger partial charge is 0.472 e. The quantitative estimate of drug-likeness (QED) is 0.0180. The number of ether oxygens (including phenoxy) is 2. The Hall–Kier alpha value is -3.37. The Balaban J connectivity index is 4.49. The molecule has 0 aliphatic heterocycles. The smallest absolute Gasteiger partial charge is 0.462 e. The summed E-state index contributed by atoms with van der Waals surface area (Å²) < 4.78 is 32.5. The number of allylic oxidation sites excluding steroid dienone is 16. The van der Waals surface area contributed by atoms with Crippen LogP contribution in [-0.4, -0.2) is 60.5 Å². The number of rotatable bonds is 38. The summed E-state index contributed by atoms with van der Waals surface area (Å²) in [4.78, 5) is 34.8. The van der Waals surface area contributed by atoms with Crippen LogP contribution in [0.2, 0.25) is 0 Å². The van der Waals surface area contributed by atoms with Gasteiger partial charge in [-0.05, 0) is 83.5 Å². The van der Waals surface area contributed by atoms with Gasteiger partial charge in [0.1, 0.15) is 6.61 Å². The van der Waals surface area contributed by atoms with Gasteiger partial charge in [0.25, 0.3) is 0 Å². The number of nitrogens with two attached hydrogens (primary N) is 1. The number of carbonyl (C=O) groups excluding carboxylic acids is 2. The zero-order chi connectivity index (χ0) is 42.6. The highest BCUT2D eigenvalue weighted by Gasteiger charge is 2.25. The summed E-state index contributed by atoms with van der Waals surface area (Å²) in [5.41, 5.74) is 5.33. The topological polar surface area (TPSA) is 155 Å². The fourth-order valence-electron chi connectivity index (χ4n) is 4.98. The van der Waals surface area contributed by atoms with Crippen LogP contribution in [0.1, 0.15) is 136 Å². The van der Waals surface area contributed by atoms with E-state index in [0.29, 0.717) is 25.7 Å². The van der Waals surface area contributed by atoms with E-state index in [-0.39, 0.29) is 32.6 Å². The monoisotopic (exact) mass is 830 g/mol. The van der Waals surface area contributed by atoms with Crippen LogP contribution in [0, 0.1) is 0 Å². The number of hydrogen-bond donors (Lipinski definition) is 3. The first-order chi connectivity index (χ1) is 28.2. The van der Waals surface area contributed by atoms with E-state index in [0.717, 1.165) is 38.5 Å². The van der Waals surface area contributed by atoms with E-state index in [2.05, 4.69) is 80.7 Å².